The number of piperidine rings is 1. The van der Waals surface area contributed by atoms with Crippen molar-refractivity contribution in [3.8, 4) is 0 Å². The minimum atomic E-state index is -0.00383. The number of likely N-dealkylation sites (tertiary alicyclic amines) is 1. The molecule has 1 aromatic carbocycles. The predicted octanol–water partition coefficient (Wildman–Crippen LogP) is 2.31. The van der Waals surface area contributed by atoms with E-state index < -0.39 is 0 Å². The highest BCUT2D eigenvalue weighted by Gasteiger charge is 2.23. The minimum absolute atomic E-state index is 0.00383. The molecule has 2 aromatic heterocycles. The average Bonchev–Trinajstić information content (AvgIpc) is 3.29. The number of aromatic nitrogens is 4. The summed E-state index contributed by atoms with van der Waals surface area (Å²) in [5.74, 6) is 0. The zero-order valence-electron chi connectivity index (χ0n) is 13.4. The number of amides is 2. The number of para-hydroxylation sites is 1. The SMILES string of the molecule is O=C(NCc1cc2ccccc2[nH]1)N1CCC(n2cnnc2)CC1. The Morgan fingerprint density at radius 2 is 1.96 bits per heavy atom. The third-order valence-electron chi connectivity index (χ3n) is 4.63. The van der Waals surface area contributed by atoms with Gasteiger partial charge in [0.1, 0.15) is 12.7 Å². The van der Waals surface area contributed by atoms with Crippen LogP contribution in [-0.2, 0) is 6.54 Å². The van der Waals surface area contributed by atoms with Crippen molar-refractivity contribution in [2.24, 2.45) is 0 Å². The molecule has 1 saturated heterocycles. The highest BCUT2D eigenvalue weighted by molar-refractivity contribution is 5.80. The van der Waals surface area contributed by atoms with Gasteiger partial charge in [0.25, 0.3) is 0 Å². The fourth-order valence-electron chi connectivity index (χ4n) is 3.28. The number of rotatable bonds is 3. The van der Waals surface area contributed by atoms with E-state index in [4.69, 9.17) is 0 Å². The lowest BCUT2D eigenvalue weighted by Gasteiger charge is -2.32. The van der Waals surface area contributed by atoms with Gasteiger partial charge < -0.3 is 19.8 Å². The maximum absolute atomic E-state index is 12.3. The predicted molar refractivity (Wildman–Crippen MR) is 90.4 cm³/mol. The van der Waals surface area contributed by atoms with Gasteiger partial charge in [-0.15, -0.1) is 10.2 Å². The standard InChI is InChI=1S/C17H20N6O/c24-17(18-10-14-9-13-3-1-2-4-16(13)21-14)22-7-5-15(6-8-22)23-11-19-20-12-23/h1-4,9,11-12,15,21H,5-8,10H2,(H,18,24). The molecule has 7 heteroatoms. The van der Waals surface area contributed by atoms with Gasteiger partial charge in [0.2, 0.25) is 0 Å². The molecular formula is C17H20N6O. The van der Waals surface area contributed by atoms with Gasteiger partial charge in [-0.2, -0.15) is 0 Å². The molecule has 24 heavy (non-hydrogen) atoms. The van der Waals surface area contributed by atoms with Crippen LogP contribution in [0.15, 0.2) is 43.0 Å². The first kappa shape index (κ1) is 14.7. The molecule has 1 fully saturated rings. The van der Waals surface area contributed by atoms with Gasteiger partial charge in [-0.05, 0) is 30.4 Å². The molecule has 3 aromatic rings. The molecule has 0 spiro atoms. The van der Waals surface area contributed by atoms with Gasteiger partial charge >= 0.3 is 6.03 Å². The van der Waals surface area contributed by atoms with Crippen LogP contribution in [0.25, 0.3) is 10.9 Å². The van der Waals surface area contributed by atoms with Crippen LogP contribution in [0.1, 0.15) is 24.6 Å². The highest BCUT2D eigenvalue weighted by atomic mass is 16.2. The molecular weight excluding hydrogens is 304 g/mol. The third-order valence-corrected chi connectivity index (χ3v) is 4.63. The molecule has 2 N–H and O–H groups in total. The fraction of sp³-hybridized carbons (Fsp3) is 0.353. The Hall–Kier alpha value is -2.83. The van der Waals surface area contributed by atoms with Crippen LogP contribution in [-0.4, -0.2) is 43.8 Å². The molecule has 0 aliphatic carbocycles. The topological polar surface area (TPSA) is 78.8 Å². The van der Waals surface area contributed by atoms with Crippen molar-refractivity contribution < 1.29 is 4.79 Å². The molecule has 1 aliphatic rings. The second kappa shape index (κ2) is 6.35. The largest absolute Gasteiger partial charge is 0.357 e. The van der Waals surface area contributed by atoms with E-state index in [9.17, 15) is 4.79 Å². The van der Waals surface area contributed by atoms with Crippen LogP contribution in [0.5, 0.6) is 0 Å². The maximum atomic E-state index is 12.3. The van der Waals surface area contributed by atoms with E-state index in [1.54, 1.807) is 12.7 Å². The lowest BCUT2D eigenvalue weighted by molar-refractivity contribution is 0.171. The molecule has 0 atom stereocenters. The van der Waals surface area contributed by atoms with Crippen molar-refractivity contribution in [2.45, 2.75) is 25.4 Å². The van der Waals surface area contributed by atoms with E-state index >= 15 is 0 Å². The van der Waals surface area contributed by atoms with Crippen LogP contribution < -0.4 is 5.32 Å². The van der Waals surface area contributed by atoms with Crippen molar-refractivity contribution in [3.63, 3.8) is 0 Å². The number of nitrogens with one attached hydrogen (secondary N) is 2. The smallest absolute Gasteiger partial charge is 0.317 e. The van der Waals surface area contributed by atoms with Crippen LogP contribution in [0.4, 0.5) is 4.79 Å². The lowest BCUT2D eigenvalue weighted by Crippen LogP contribution is -2.44. The van der Waals surface area contributed by atoms with Crippen LogP contribution >= 0.6 is 0 Å². The Balaban J connectivity index is 1.30. The van der Waals surface area contributed by atoms with E-state index in [-0.39, 0.29) is 6.03 Å². The van der Waals surface area contributed by atoms with E-state index in [1.165, 1.54) is 0 Å². The summed E-state index contributed by atoms with van der Waals surface area (Å²) in [4.78, 5) is 17.6. The summed E-state index contributed by atoms with van der Waals surface area (Å²) in [6, 6.07) is 10.6. The van der Waals surface area contributed by atoms with Gasteiger partial charge in [0.15, 0.2) is 0 Å². The Kier molecular flexibility index (Phi) is 3.90. The average molecular weight is 324 g/mol. The Labute approximate surface area is 139 Å². The first-order valence-electron chi connectivity index (χ1n) is 8.23. The number of H-pyrrole nitrogens is 1. The Morgan fingerprint density at radius 3 is 2.71 bits per heavy atom. The van der Waals surface area contributed by atoms with Gasteiger partial charge in [-0.3, -0.25) is 0 Å². The van der Waals surface area contributed by atoms with E-state index in [0.717, 1.165) is 42.5 Å². The molecule has 7 nitrogen and oxygen atoms in total. The number of hydrogen-bond acceptors (Lipinski definition) is 3. The van der Waals surface area contributed by atoms with Crippen molar-refractivity contribution in [3.05, 3.63) is 48.7 Å². The zero-order chi connectivity index (χ0) is 16.4. The molecule has 0 unspecified atom stereocenters. The first-order valence-corrected chi connectivity index (χ1v) is 8.23. The second-order valence-corrected chi connectivity index (χ2v) is 6.17. The summed E-state index contributed by atoms with van der Waals surface area (Å²) >= 11 is 0. The number of hydrogen-bond donors (Lipinski definition) is 2. The molecule has 0 bridgehead atoms. The molecule has 2 amide bonds. The Morgan fingerprint density at radius 1 is 1.21 bits per heavy atom. The molecule has 3 heterocycles. The number of fused-ring (bicyclic) bond motifs is 1. The molecule has 0 radical (unpaired) electrons. The van der Waals surface area contributed by atoms with Crippen LogP contribution in [0, 0.1) is 0 Å². The second-order valence-electron chi connectivity index (χ2n) is 6.17. The van der Waals surface area contributed by atoms with Gasteiger partial charge in [0, 0.05) is 30.3 Å². The lowest BCUT2D eigenvalue weighted by atomic mass is 10.1. The fourth-order valence-corrected chi connectivity index (χ4v) is 3.28. The van der Waals surface area contributed by atoms with Crippen molar-refractivity contribution in [2.75, 3.05) is 13.1 Å². The minimum Gasteiger partial charge on any atom is -0.357 e. The maximum Gasteiger partial charge on any atom is 0.317 e. The molecule has 0 saturated carbocycles. The summed E-state index contributed by atoms with van der Waals surface area (Å²) in [5, 5.41) is 11.9. The quantitative estimate of drug-likeness (QED) is 0.776. The summed E-state index contributed by atoms with van der Waals surface area (Å²) in [6.45, 7) is 2.02. The normalized spacial score (nSPS) is 15.8. The van der Waals surface area contributed by atoms with Gasteiger partial charge in [-0.1, -0.05) is 18.2 Å². The van der Waals surface area contributed by atoms with Gasteiger partial charge in [-0.25, -0.2) is 4.79 Å². The van der Waals surface area contributed by atoms with Crippen LogP contribution in [0.3, 0.4) is 0 Å². The summed E-state index contributed by atoms with van der Waals surface area (Å²) < 4.78 is 2.03. The van der Waals surface area contributed by atoms with Gasteiger partial charge in [0.05, 0.1) is 6.54 Å². The van der Waals surface area contributed by atoms with E-state index in [2.05, 4.69) is 32.6 Å². The summed E-state index contributed by atoms with van der Waals surface area (Å²) in [7, 11) is 0. The van der Waals surface area contributed by atoms with Crippen molar-refractivity contribution in [1.82, 2.24) is 30.0 Å². The zero-order valence-corrected chi connectivity index (χ0v) is 13.4. The number of carbonyl (C=O) groups excluding carboxylic acids is 1. The number of urea groups is 1. The van der Waals surface area contributed by atoms with E-state index in [1.807, 2.05) is 27.7 Å². The first-order chi connectivity index (χ1) is 11.8. The third kappa shape index (κ3) is 2.97. The summed E-state index contributed by atoms with van der Waals surface area (Å²) in [5.41, 5.74) is 2.11. The van der Waals surface area contributed by atoms with Crippen molar-refractivity contribution >= 4 is 16.9 Å². The monoisotopic (exact) mass is 324 g/mol. The summed E-state index contributed by atoms with van der Waals surface area (Å²) in [6.07, 6.45) is 5.35. The van der Waals surface area contributed by atoms with Crippen LogP contribution in [0.2, 0.25) is 0 Å². The number of aromatic amines is 1. The highest BCUT2D eigenvalue weighted by Crippen LogP contribution is 2.21. The molecule has 4 rings (SSSR count). The Bertz CT molecular complexity index is 784. The van der Waals surface area contributed by atoms with Crippen molar-refractivity contribution in [1.29, 1.82) is 0 Å². The molecule has 124 valence electrons. The molecule has 1 aliphatic heterocycles. The van der Waals surface area contributed by atoms with E-state index in [0.29, 0.717) is 12.6 Å². The number of nitrogens with zero attached hydrogens (tertiary/aromatic N) is 4. The number of carbonyl (C=O) groups is 1. The number of benzene rings is 1.